The number of hydrogen-bond acceptors (Lipinski definition) is 2. The number of hydrogen-bond donors (Lipinski definition) is 2. The molecule has 1 aliphatic heterocycles. The van der Waals surface area contributed by atoms with E-state index < -0.39 is 0 Å². The van der Waals surface area contributed by atoms with Crippen LogP contribution in [-0.4, -0.2) is 24.5 Å². The van der Waals surface area contributed by atoms with Gasteiger partial charge in [0.05, 0.1) is 5.41 Å². The molecule has 4 heteroatoms. The summed E-state index contributed by atoms with van der Waals surface area (Å²) in [6.45, 7) is 3.17. The van der Waals surface area contributed by atoms with Crippen molar-refractivity contribution in [1.29, 1.82) is 0 Å². The lowest BCUT2D eigenvalue weighted by atomic mass is 9.77. The molecule has 1 saturated heterocycles. The molecule has 2 N–H and O–H groups in total. The Balaban J connectivity index is 1.78. The van der Waals surface area contributed by atoms with Gasteiger partial charge >= 0.3 is 0 Å². The van der Waals surface area contributed by atoms with Crippen LogP contribution < -0.4 is 10.6 Å². The average Bonchev–Trinajstić information content (AvgIpc) is 2.99. The zero-order valence-corrected chi connectivity index (χ0v) is 14.0. The number of halogens is 1. The van der Waals surface area contributed by atoms with Gasteiger partial charge in [0.15, 0.2) is 0 Å². The second-order valence-electron chi connectivity index (χ2n) is 6.85. The van der Waals surface area contributed by atoms with E-state index in [0.717, 1.165) is 55.7 Å². The first-order chi connectivity index (χ1) is 10.6. The van der Waals surface area contributed by atoms with Crippen LogP contribution in [0, 0.1) is 0 Å². The van der Waals surface area contributed by atoms with Gasteiger partial charge in [-0.2, -0.15) is 0 Å². The molecule has 120 valence electrons. The highest BCUT2D eigenvalue weighted by molar-refractivity contribution is 6.30. The van der Waals surface area contributed by atoms with Crippen molar-refractivity contribution < 1.29 is 4.79 Å². The van der Waals surface area contributed by atoms with Gasteiger partial charge in [-0.15, -0.1) is 0 Å². The first kappa shape index (κ1) is 15.8. The van der Waals surface area contributed by atoms with Crippen LogP contribution >= 0.6 is 11.6 Å². The maximum absolute atomic E-state index is 13.1. The van der Waals surface area contributed by atoms with Crippen molar-refractivity contribution in [3.8, 4) is 0 Å². The van der Waals surface area contributed by atoms with E-state index in [9.17, 15) is 4.79 Å². The molecule has 0 spiro atoms. The van der Waals surface area contributed by atoms with Gasteiger partial charge in [0.2, 0.25) is 5.91 Å². The molecule has 2 aliphatic rings. The summed E-state index contributed by atoms with van der Waals surface area (Å²) in [5.74, 6) is 0.214. The van der Waals surface area contributed by atoms with Gasteiger partial charge in [-0.3, -0.25) is 4.79 Å². The van der Waals surface area contributed by atoms with Crippen molar-refractivity contribution >= 4 is 17.5 Å². The van der Waals surface area contributed by atoms with E-state index in [1.54, 1.807) is 0 Å². The van der Waals surface area contributed by atoms with Crippen LogP contribution in [0.3, 0.4) is 0 Å². The highest BCUT2D eigenvalue weighted by atomic mass is 35.5. The molecule has 1 heterocycles. The zero-order chi connectivity index (χ0) is 15.6. The predicted octanol–water partition coefficient (Wildman–Crippen LogP) is 3.41. The average molecular weight is 321 g/mol. The summed E-state index contributed by atoms with van der Waals surface area (Å²) >= 11 is 6.01. The van der Waals surface area contributed by atoms with Crippen LogP contribution in [0.2, 0.25) is 5.02 Å². The van der Waals surface area contributed by atoms with E-state index in [2.05, 4.69) is 17.6 Å². The third-order valence-corrected chi connectivity index (χ3v) is 5.50. The Labute approximate surface area is 137 Å². The fraction of sp³-hybridized carbons (Fsp3) is 0.611. The first-order valence-corrected chi connectivity index (χ1v) is 8.78. The van der Waals surface area contributed by atoms with Gasteiger partial charge in [-0.05, 0) is 56.8 Å². The van der Waals surface area contributed by atoms with Crippen molar-refractivity contribution in [2.24, 2.45) is 0 Å². The van der Waals surface area contributed by atoms with Crippen LogP contribution in [0.1, 0.15) is 51.0 Å². The van der Waals surface area contributed by atoms with Crippen molar-refractivity contribution in [2.75, 3.05) is 6.54 Å². The summed E-state index contributed by atoms with van der Waals surface area (Å²) in [6.07, 6.45) is 6.18. The van der Waals surface area contributed by atoms with Gasteiger partial charge in [0.25, 0.3) is 0 Å². The molecular formula is C18H25ClN2O. The third-order valence-electron chi connectivity index (χ3n) is 5.25. The number of benzene rings is 1. The standard InChI is InChI=1S/C18H25ClN2O/c1-13-12-16(8-11-20-13)21-17(22)18(9-2-3-10-18)14-4-6-15(19)7-5-14/h4-7,13,16,20H,2-3,8-12H2,1H3,(H,21,22). The lowest BCUT2D eigenvalue weighted by molar-refractivity contribution is -0.127. The van der Waals surface area contributed by atoms with E-state index in [1.807, 2.05) is 24.3 Å². The van der Waals surface area contributed by atoms with Crippen molar-refractivity contribution in [3.05, 3.63) is 34.9 Å². The Kier molecular flexibility index (Phi) is 4.74. The van der Waals surface area contributed by atoms with E-state index in [4.69, 9.17) is 11.6 Å². The molecule has 1 amide bonds. The van der Waals surface area contributed by atoms with Gasteiger partial charge < -0.3 is 10.6 Å². The lowest BCUT2D eigenvalue weighted by Gasteiger charge is -2.34. The molecule has 1 saturated carbocycles. The van der Waals surface area contributed by atoms with Crippen LogP contribution in [0.5, 0.6) is 0 Å². The molecule has 2 atom stereocenters. The fourth-order valence-electron chi connectivity index (χ4n) is 3.98. The minimum atomic E-state index is -0.349. The van der Waals surface area contributed by atoms with Crippen molar-refractivity contribution in [3.63, 3.8) is 0 Å². The molecular weight excluding hydrogens is 296 g/mol. The number of piperidine rings is 1. The van der Waals surface area contributed by atoms with Crippen LogP contribution in [0.4, 0.5) is 0 Å². The Morgan fingerprint density at radius 1 is 1.27 bits per heavy atom. The lowest BCUT2D eigenvalue weighted by Crippen LogP contribution is -2.51. The third kappa shape index (κ3) is 3.16. The minimum Gasteiger partial charge on any atom is -0.352 e. The quantitative estimate of drug-likeness (QED) is 0.896. The van der Waals surface area contributed by atoms with Crippen LogP contribution in [-0.2, 0) is 10.2 Å². The molecule has 0 radical (unpaired) electrons. The summed E-state index contributed by atoms with van der Waals surface area (Å²) in [4.78, 5) is 13.1. The molecule has 3 nitrogen and oxygen atoms in total. The summed E-state index contributed by atoms with van der Waals surface area (Å²) in [5.41, 5.74) is 0.771. The largest absolute Gasteiger partial charge is 0.352 e. The summed E-state index contributed by atoms with van der Waals surface area (Å²) in [5, 5.41) is 7.50. The minimum absolute atomic E-state index is 0.214. The smallest absolute Gasteiger partial charge is 0.230 e. The van der Waals surface area contributed by atoms with Crippen LogP contribution in [0.25, 0.3) is 0 Å². The highest BCUT2D eigenvalue weighted by Gasteiger charge is 2.43. The molecule has 3 rings (SSSR count). The van der Waals surface area contributed by atoms with Crippen molar-refractivity contribution in [2.45, 2.75) is 62.9 Å². The van der Waals surface area contributed by atoms with Crippen molar-refractivity contribution in [1.82, 2.24) is 10.6 Å². The highest BCUT2D eigenvalue weighted by Crippen LogP contribution is 2.41. The SMILES string of the molecule is CC1CC(NC(=O)C2(c3ccc(Cl)cc3)CCCC2)CCN1. The number of carbonyl (C=O) groups is 1. The van der Waals surface area contributed by atoms with Gasteiger partial charge in [0.1, 0.15) is 0 Å². The van der Waals surface area contributed by atoms with Gasteiger partial charge in [0, 0.05) is 17.1 Å². The molecule has 22 heavy (non-hydrogen) atoms. The molecule has 2 unspecified atom stereocenters. The molecule has 2 fully saturated rings. The number of nitrogens with one attached hydrogen (secondary N) is 2. The number of rotatable bonds is 3. The molecule has 1 aliphatic carbocycles. The molecule has 0 bridgehead atoms. The van der Waals surface area contributed by atoms with E-state index in [0.29, 0.717) is 12.1 Å². The Hall–Kier alpha value is -1.06. The van der Waals surface area contributed by atoms with E-state index in [-0.39, 0.29) is 11.3 Å². The van der Waals surface area contributed by atoms with Crippen LogP contribution in [0.15, 0.2) is 24.3 Å². The van der Waals surface area contributed by atoms with E-state index >= 15 is 0 Å². The Bertz CT molecular complexity index is 522. The fourth-order valence-corrected chi connectivity index (χ4v) is 4.11. The normalized spacial score (nSPS) is 27.5. The molecule has 1 aromatic rings. The predicted molar refractivity (Wildman–Crippen MR) is 90.2 cm³/mol. The zero-order valence-electron chi connectivity index (χ0n) is 13.2. The van der Waals surface area contributed by atoms with Gasteiger partial charge in [-0.25, -0.2) is 0 Å². The second-order valence-corrected chi connectivity index (χ2v) is 7.28. The number of amides is 1. The molecule has 1 aromatic carbocycles. The summed E-state index contributed by atoms with van der Waals surface area (Å²) < 4.78 is 0. The van der Waals surface area contributed by atoms with E-state index in [1.165, 1.54) is 0 Å². The summed E-state index contributed by atoms with van der Waals surface area (Å²) in [7, 11) is 0. The second kappa shape index (κ2) is 6.59. The monoisotopic (exact) mass is 320 g/mol. The molecule has 0 aromatic heterocycles. The number of carbonyl (C=O) groups excluding carboxylic acids is 1. The maximum Gasteiger partial charge on any atom is 0.230 e. The topological polar surface area (TPSA) is 41.1 Å². The first-order valence-electron chi connectivity index (χ1n) is 8.40. The van der Waals surface area contributed by atoms with Gasteiger partial charge in [-0.1, -0.05) is 36.6 Å². The maximum atomic E-state index is 13.1. The Morgan fingerprint density at radius 3 is 2.59 bits per heavy atom. The Morgan fingerprint density at radius 2 is 1.95 bits per heavy atom. The summed E-state index contributed by atoms with van der Waals surface area (Å²) in [6, 6.07) is 8.63.